The molecule has 0 aromatic rings. The molecule has 0 heterocycles. The van der Waals surface area contributed by atoms with E-state index in [1.54, 1.807) is 0 Å². The number of hydrogen-bond acceptors (Lipinski definition) is 5. The van der Waals surface area contributed by atoms with E-state index in [-0.39, 0.29) is 24.2 Å². The molecule has 160 valence electrons. The van der Waals surface area contributed by atoms with Crippen molar-refractivity contribution in [3.63, 3.8) is 0 Å². The maximum Gasteiger partial charge on any atom is 0.328 e. The van der Waals surface area contributed by atoms with Gasteiger partial charge in [-0.3, -0.25) is 14.4 Å². The molecule has 0 rings (SSSR count). The van der Waals surface area contributed by atoms with E-state index in [9.17, 15) is 19.2 Å². The van der Waals surface area contributed by atoms with Crippen LogP contribution in [0.2, 0.25) is 0 Å². The molecule has 0 radical (unpaired) electrons. The van der Waals surface area contributed by atoms with E-state index in [0.29, 0.717) is 12.8 Å². The van der Waals surface area contributed by atoms with Crippen molar-refractivity contribution in [3.05, 3.63) is 12.7 Å². The fourth-order valence-electron chi connectivity index (χ4n) is 2.72. The third kappa shape index (κ3) is 10.1. The summed E-state index contributed by atoms with van der Waals surface area (Å²) in [6.45, 7) is 12.7. The summed E-state index contributed by atoms with van der Waals surface area (Å²) in [5.74, 6) is -1.49. The van der Waals surface area contributed by atoms with Gasteiger partial charge in [-0.25, -0.2) is 4.79 Å². The number of ether oxygens (including phenoxy) is 1. The van der Waals surface area contributed by atoms with Crippen LogP contribution in [0.25, 0.3) is 0 Å². The van der Waals surface area contributed by atoms with E-state index in [4.69, 9.17) is 4.74 Å². The zero-order valence-electron chi connectivity index (χ0n) is 17.8. The molecule has 3 amide bonds. The summed E-state index contributed by atoms with van der Waals surface area (Å²) in [5.41, 5.74) is 0. The lowest BCUT2D eigenvalue weighted by atomic mass is 10.0. The smallest absolute Gasteiger partial charge is 0.328 e. The first-order valence-electron chi connectivity index (χ1n) is 9.58. The van der Waals surface area contributed by atoms with Crippen LogP contribution >= 0.6 is 0 Å². The molecule has 0 saturated carbocycles. The summed E-state index contributed by atoms with van der Waals surface area (Å²) in [4.78, 5) is 48.7. The minimum Gasteiger partial charge on any atom is -0.467 e. The first kappa shape index (κ1) is 25.6. The van der Waals surface area contributed by atoms with Gasteiger partial charge in [0.15, 0.2) is 0 Å². The third-order valence-corrected chi connectivity index (χ3v) is 3.95. The third-order valence-electron chi connectivity index (χ3n) is 3.95. The lowest BCUT2D eigenvalue weighted by Crippen LogP contribution is -2.55. The molecule has 28 heavy (non-hydrogen) atoms. The SMILES string of the molecule is C=CCC(NC(=O)[C@H](CC(C)C)NC(C)=O)C(=O)N[C@@H](CC(C)C)C(=O)OC. The number of carbonyl (C=O) groups excluding carboxylic acids is 4. The Morgan fingerprint density at radius 1 is 0.857 bits per heavy atom. The van der Waals surface area contributed by atoms with Crippen LogP contribution in [0.3, 0.4) is 0 Å². The second kappa shape index (κ2) is 12.9. The second-order valence-corrected chi connectivity index (χ2v) is 7.68. The fraction of sp³-hybridized carbons (Fsp3) is 0.700. The van der Waals surface area contributed by atoms with Gasteiger partial charge in [0.25, 0.3) is 0 Å². The maximum atomic E-state index is 12.7. The fourth-order valence-corrected chi connectivity index (χ4v) is 2.72. The van der Waals surface area contributed by atoms with Gasteiger partial charge in [0.1, 0.15) is 18.1 Å². The summed E-state index contributed by atoms with van der Waals surface area (Å²) in [6.07, 6.45) is 2.54. The lowest BCUT2D eigenvalue weighted by molar-refractivity contribution is -0.146. The maximum absolute atomic E-state index is 12.7. The van der Waals surface area contributed by atoms with Crippen molar-refractivity contribution in [1.29, 1.82) is 0 Å². The van der Waals surface area contributed by atoms with Crippen molar-refractivity contribution < 1.29 is 23.9 Å². The molecular formula is C20H35N3O5. The van der Waals surface area contributed by atoms with Crippen molar-refractivity contribution in [1.82, 2.24) is 16.0 Å². The van der Waals surface area contributed by atoms with Gasteiger partial charge >= 0.3 is 5.97 Å². The van der Waals surface area contributed by atoms with Crippen LogP contribution in [0.5, 0.6) is 0 Å². The molecule has 0 spiro atoms. The number of rotatable bonds is 12. The summed E-state index contributed by atoms with van der Waals surface area (Å²) >= 11 is 0. The molecular weight excluding hydrogens is 362 g/mol. The Labute approximate surface area is 167 Å². The monoisotopic (exact) mass is 397 g/mol. The largest absolute Gasteiger partial charge is 0.467 e. The van der Waals surface area contributed by atoms with Gasteiger partial charge < -0.3 is 20.7 Å². The first-order valence-corrected chi connectivity index (χ1v) is 9.58. The molecule has 0 aliphatic carbocycles. The standard InChI is InChI=1S/C20H35N3O5/c1-8-9-15(18(25)23-17(11-13(4)5)20(27)28-7)22-19(26)16(10-12(2)3)21-14(6)24/h8,12-13,15-17H,1,9-11H2,2-7H3,(H,21,24)(H,22,26)(H,23,25)/t15?,16-,17-/m0/s1. The molecule has 1 unspecified atom stereocenters. The van der Waals surface area contributed by atoms with E-state index in [1.807, 2.05) is 27.7 Å². The minimum absolute atomic E-state index is 0.159. The first-order chi connectivity index (χ1) is 13.0. The molecule has 0 aromatic heterocycles. The summed E-state index contributed by atoms with van der Waals surface area (Å²) in [5, 5.41) is 7.91. The van der Waals surface area contributed by atoms with Gasteiger partial charge in [0.05, 0.1) is 7.11 Å². The number of carbonyl (C=O) groups is 4. The zero-order chi connectivity index (χ0) is 21.9. The number of methoxy groups -OCH3 is 1. The Kier molecular flexibility index (Phi) is 11.8. The average Bonchev–Trinajstić information content (AvgIpc) is 2.58. The van der Waals surface area contributed by atoms with Gasteiger partial charge in [-0.2, -0.15) is 0 Å². The van der Waals surface area contributed by atoms with E-state index >= 15 is 0 Å². The molecule has 0 aliphatic heterocycles. The van der Waals surface area contributed by atoms with Gasteiger partial charge in [-0.15, -0.1) is 6.58 Å². The van der Waals surface area contributed by atoms with Crippen molar-refractivity contribution in [2.75, 3.05) is 7.11 Å². The van der Waals surface area contributed by atoms with Crippen molar-refractivity contribution in [2.45, 2.75) is 72.0 Å². The average molecular weight is 398 g/mol. The highest BCUT2D eigenvalue weighted by Crippen LogP contribution is 2.09. The predicted octanol–water partition coefficient (Wildman–Crippen LogP) is 1.30. The zero-order valence-corrected chi connectivity index (χ0v) is 17.8. The van der Waals surface area contributed by atoms with E-state index < -0.39 is 35.9 Å². The summed E-state index contributed by atoms with van der Waals surface area (Å²) < 4.78 is 4.75. The number of nitrogens with one attached hydrogen (secondary N) is 3. The van der Waals surface area contributed by atoms with Gasteiger partial charge in [0.2, 0.25) is 17.7 Å². The number of amides is 3. The Bertz CT molecular complexity index is 560. The second-order valence-electron chi connectivity index (χ2n) is 7.68. The highest BCUT2D eigenvalue weighted by atomic mass is 16.5. The highest BCUT2D eigenvalue weighted by molar-refractivity contribution is 5.93. The number of esters is 1. The van der Waals surface area contributed by atoms with Crippen LogP contribution < -0.4 is 16.0 Å². The van der Waals surface area contributed by atoms with Crippen LogP contribution in [-0.2, 0) is 23.9 Å². The summed E-state index contributed by atoms with van der Waals surface area (Å²) in [7, 11) is 1.26. The van der Waals surface area contributed by atoms with E-state index in [2.05, 4.69) is 22.5 Å². The van der Waals surface area contributed by atoms with Crippen LogP contribution in [0.4, 0.5) is 0 Å². The van der Waals surface area contributed by atoms with E-state index in [0.717, 1.165) is 0 Å². The Morgan fingerprint density at radius 3 is 1.75 bits per heavy atom. The van der Waals surface area contributed by atoms with Crippen LogP contribution in [0, 0.1) is 11.8 Å². The van der Waals surface area contributed by atoms with Crippen molar-refractivity contribution in [2.24, 2.45) is 11.8 Å². The number of hydrogen-bond donors (Lipinski definition) is 3. The molecule has 8 nitrogen and oxygen atoms in total. The molecule has 0 aromatic carbocycles. The Hall–Kier alpha value is -2.38. The summed E-state index contributed by atoms with van der Waals surface area (Å²) in [6, 6.07) is -2.46. The molecule has 0 fully saturated rings. The minimum atomic E-state index is -0.910. The van der Waals surface area contributed by atoms with Gasteiger partial charge in [-0.1, -0.05) is 33.8 Å². The van der Waals surface area contributed by atoms with Crippen LogP contribution in [-0.4, -0.2) is 48.9 Å². The normalized spacial score (nSPS) is 14.0. The van der Waals surface area contributed by atoms with Gasteiger partial charge in [0, 0.05) is 6.92 Å². The molecule has 0 aliphatic rings. The van der Waals surface area contributed by atoms with Crippen LogP contribution in [0.1, 0.15) is 53.9 Å². The molecule has 0 saturated heterocycles. The molecule has 0 bridgehead atoms. The quantitative estimate of drug-likeness (QED) is 0.339. The molecule has 3 atom stereocenters. The molecule has 3 N–H and O–H groups in total. The van der Waals surface area contributed by atoms with E-state index in [1.165, 1.54) is 20.1 Å². The van der Waals surface area contributed by atoms with Crippen molar-refractivity contribution >= 4 is 23.7 Å². The highest BCUT2D eigenvalue weighted by Gasteiger charge is 2.29. The Balaban J connectivity index is 5.26. The predicted molar refractivity (Wildman–Crippen MR) is 107 cm³/mol. The van der Waals surface area contributed by atoms with Crippen molar-refractivity contribution in [3.8, 4) is 0 Å². The van der Waals surface area contributed by atoms with Crippen LogP contribution in [0.15, 0.2) is 12.7 Å². The molecule has 8 heteroatoms. The Morgan fingerprint density at radius 2 is 1.32 bits per heavy atom. The lowest BCUT2D eigenvalue weighted by Gasteiger charge is -2.25. The van der Waals surface area contributed by atoms with Gasteiger partial charge in [-0.05, 0) is 31.1 Å². The topological polar surface area (TPSA) is 114 Å².